The van der Waals surface area contributed by atoms with Gasteiger partial charge in [0.1, 0.15) is 0 Å². The minimum absolute atomic E-state index is 0.572. The topological polar surface area (TPSA) is 51.2 Å². The number of benzene rings is 1. The van der Waals surface area contributed by atoms with E-state index in [9.17, 15) is 5.41 Å². The van der Waals surface area contributed by atoms with Gasteiger partial charge in [-0.05, 0) is 68.8 Å². The third-order valence-corrected chi connectivity index (χ3v) is 7.10. The minimum Gasteiger partial charge on any atom is -0.393 e. The molecular weight excluding hydrogens is 416 g/mol. The highest BCUT2D eigenvalue weighted by molar-refractivity contribution is 6.31. The molecule has 3 rings (SSSR count). The highest BCUT2D eigenvalue weighted by Gasteiger charge is 2.27. The molecule has 0 amide bonds. The first-order valence-corrected chi connectivity index (χ1v) is 13.0. The second kappa shape index (κ2) is 12.2. The Balaban J connectivity index is 2.00. The van der Waals surface area contributed by atoms with E-state index in [0.29, 0.717) is 11.8 Å². The second-order valence-electron chi connectivity index (χ2n) is 9.98. The number of allylic oxidation sites excluding steroid dienone is 4. The lowest BCUT2D eigenvalue weighted by Crippen LogP contribution is -2.39. The van der Waals surface area contributed by atoms with Crippen molar-refractivity contribution in [1.29, 1.82) is 5.41 Å². The molecule has 0 spiro atoms. The zero-order chi connectivity index (χ0) is 24.7. The minimum atomic E-state index is 0.572. The van der Waals surface area contributed by atoms with Gasteiger partial charge in [-0.2, -0.15) is 0 Å². The lowest BCUT2D eigenvalue weighted by atomic mass is 9.86. The molecule has 0 radical (unpaired) electrons. The second-order valence-corrected chi connectivity index (χ2v) is 9.98. The van der Waals surface area contributed by atoms with E-state index < -0.39 is 0 Å². The predicted octanol–water partition coefficient (Wildman–Crippen LogP) is 6.46. The SMILES string of the molecule is C=C/C(=C\NC)c1ccc(C(C(=N)C2=C(NC3CCCC3)CCN(CCC)C2)=C(C)C)c(C)c1. The zero-order valence-corrected chi connectivity index (χ0v) is 22.0. The molecule has 184 valence electrons. The molecular formula is C30H44N4. The summed E-state index contributed by atoms with van der Waals surface area (Å²) in [5, 5.41) is 16.4. The third-order valence-electron chi connectivity index (χ3n) is 7.10. The first-order valence-electron chi connectivity index (χ1n) is 13.0. The molecule has 1 aromatic rings. The summed E-state index contributed by atoms with van der Waals surface area (Å²) in [6.07, 6.45) is 11.2. The van der Waals surface area contributed by atoms with Crippen LogP contribution in [0.2, 0.25) is 0 Å². The Bertz CT molecular complexity index is 985. The molecule has 1 saturated carbocycles. The third kappa shape index (κ3) is 6.09. The van der Waals surface area contributed by atoms with Gasteiger partial charge < -0.3 is 10.6 Å². The Morgan fingerprint density at radius 1 is 1.24 bits per heavy atom. The number of aryl methyl sites for hydroxylation is 1. The van der Waals surface area contributed by atoms with E-state index in [1.807, 2.05) is 19.3 Å². The fourth-order valence-electron chi connectivity index (χ4n) is 5.38. The van der Waals surface area contributed by atoms with Gasteiger partial charge in [0.15, 0.2) is 0 Å². The molecule has 2 aliphatic rings. The lowest BCUT2D eigenvalue weighted by Gasteiger charge is -2.33. The predicted molar refractivity (Wildman–Crippen MR) is 148 cm³/mol. The van der Waals surface area contributed by atoms with E-state index in [2.05, 4.69) is 68.0 Å². The first kappa shape index (κ1) is 26.0. The number of nitrogens with one attached hydrogen (secondary N) is 3. The van der Waals surface area contributed by atoms with Crippen molar-refractivity contribution in [3.8, 4) is 0 Å². The average Bonchev–Trinajstić information content (AvgIpc) is 3.32. The molecule has 0 bridgehead atoms. The quantitative estimate of drug-likeness (QED) is 0.277. The molecule has 1 fully saturated rings. The molecule has 3 N–H and O–H groups in total. The Hall–Kier alpha value is -2.59. The molecule has 34 heavy (non-hydrogen) atoms. The van der Waals surface area contributed by atoms with Crippen LogP contribution in [0.4, 0.5) is 0 Å². The number of hydrogen-bond acceptors (Lipinski definition) is 4. The molecule has 0 unspecified atom stereocenters. The van der Waals surface area contributed by atoms with Crippen molar-refractivity contribution in [3.63, 3.8) is 0 Å². The van der Waals surface area contributed by atoms with Crippen molar-refractivity contribution in [1.82, 2.24) is 15.5 Å². The van der Waals surface area contributed by atoms with E-state index in [-0.39, 0.29) is 0 Å². The van der Waals surface area contributed by atoms with Gasteiger partial charge in [-0.3, -0.25) is 10.3 Å². The summed E-state index contributed by atoms with van der Waals surface area (Å²) in [6.45, 7) is 15.7. The molecule has 4 heteroatoms. The van der Waals surface area contributed by atoms with Gasteiger partial charge in [0.05, 0.1) is 5.71 Å². The van der Waals surface area contributed by atoms with Crippen molar-refractivity contribution in [2.24, 2.45) is 0 Å². The van der Waals surface area contributed by atoms with Crippen LogP contribution in [0.3, 0.4) is 0 Å². The summed E-state index contributed by atoms with van der Waals surface area (Å²) >= 11 is 0. The standard InChI is InChI=1S/C30H44N4/c1-7-16-34-17-15-28(33-25-11-9-10-12-25)27(20-34)30(31)29(21(3)4)26-14-13-24(18-22(26)5)23(8-2)19-32-6/h8,13-14,18-19,25,31-33H,2,7,9-12,15-17,20H2,1,3-6H3/b23-19+,31-30?. The Morgan fingerprint density at radius 2 is 1.97 bits per heavy atom. The molecule has 0 atom stereocenters. The van der Waals surface area contributed by atoms with Crippen LogP contribution < -0.4 is 10.6 Å². The van der Waals surface area contributed by atoms with E-state index in [1.54, 1.807) is 0 Å². The Kier molecular flexibility index (Phi) is 9.35. The number of rotatable bonds is 10. The molecule has 0 aromatic heterocycles. The maximum atomic E-state index is 9.45. The summed E-state index contributed by atoms with van der Waals surface area (Å²) in [7, 11) is 1.91. The van der Waals surface area contributed by atoms with Gasteiger partial charge in [0, 0.05) is 55.6 Å². The monoisotopic (exact) mass is 460 g/mol. The molecule has 0 saturated heterocycles. The largest absolute Gasteiger partial charge is 0.393 e. The van der Waals surface area contributed by atoms with Gasteiger partial charge in [-0.25, -0.2) is 0 Å². The highest BCUT2D eigenvalue weighted by atomic mass is 15.1. The van der Waals surface area contributed by atoms with Gasteiger partial charge in [-0.1, -0.05) is 56.2 Å². The van der Waals surface area contributed by atoms with E-state index in [4.69, 9.17) is 0 Å². The molecule has 1 aliphatic heterocycles. The van der Waals surface area contributed by atoms with Crippen molar-refractivity contribution in [2.45, 2.75) is 72.3 Å². The van der Waals surface area contributed by atoms with Gasteiger partial charge in [0.2, 0.25) is 0 Å². The van der Waals surface area contributed by atoms with Crippen molar-refractivity contribution in [3.05, 3.63) is 70.6 Å². The summed E-state index contributed by atoms with van der Waals surface area (Å²) in [4.78, 5) is 2.52. The maximum absolute atomic E-state index is 9.45. The van der Waals surface area contributed by atoms with E-state index in [1.165, 1.54) is 48.1 Å². The molecule has 1 aromatic carbocycles. The zero-order valence-electron chi connectivity index (χ0n) is 22.0. The summed E-state index contributed by atoms with van der Waals surface area (Å²) in [5.74, 6) is 0. The van der Waals surface area contributed by atoms with Gasteiger partial charge >= 0.3 is 0 Å². The first-order chi connectivity index (χ1) is 16.4. The van der Waals surface area contributed by atoms with Crippen LogP contribution >= 0.6 is 0 Å². The maximum Gasteiger partial charge on any atom is 0.0679 e. The summed E-state index contributed by atoms with van der Waals surface area (Å²) in [6, 6.07) is 7.13. The van der Waals surface area contributed by atoms with Crippen molar-refractivity contribution < 1.29 is 0 Å². The molecule has 1 heterocycles. The summed E-state index contributed by atoms with van der Waals surface area (Å²) < 4.78 is 0. The Labute approximate surface area is 207 Å². The van der Waals surface area contributed by atoms with Crippen LogP contribution in [0.15, 0.2) is 53.9 Å². The fourth-order valence-corrected chi connectivity index (χ4v) is 5.38. The van der Waals surface area contributed by atoms with Crippen LogP contribution in [-0.4, -0.2) is 43.3 Å². The van der Waals surface area contributed by atoms with Crippen molar-refractivity contribution >= 4 is 16.9 Å². The fraction of sp³-hybridized carbons (Fsp3) is 0.500. The molecule has 1 aliphatic carbocycles. The highest BCUT2D eigenvalue weighted by Crippen LogP contribution is 2.32. The average molecular weight is 461 g/mol. The number of hydrogen-bond donors (Lipinski definition) is 3. The van der Waals surface area contributed by atoms with E-state index >= 15 is 0 Å². The van der Waals surface area contributed by atoms with Gasteiger partial charge in [-0.15, -0.1) is 0 Å². The van der Waals surface area contributed by atoms with Crippen LogP contribution in [0, 0.1) is 12.3 Å². The smallest absolute Gasteiger partial charge is 0.0679 e. The van der Waals surface area contributed by atoms with Crippen molar-refractivity contribution in [2.75, 3.05) is 26.7 Å². The van der Waals surface area contributed by atoms with Crippen LogP contribution in [0.5, 0.6) is 0 Å². The number of nitrogens with zero attached hydrogens (tertiary/aromatic N) is 1. The van der Waals surface area contributed by atoms with Crippen LogP contribution in [0.1, 0.15) is 76.0 Å². The Morgan fingerprint density at radius 3 is 2.56 bits per heavy atom. The van der Waals surface area contributed by atoms with E-state index in [0.717, 1.165) is 54.7 Å². The van der Waals surface area contributed by atoms with Crippen LogP contribution in [-0.2, 0) is 0 Å². The lowest BCUT2D eigenvalue weighted by molar-refractivity contribution is 0.284. The van der Waals surface area contributed by atoms with Crippen LogP contribution in [0.25, 0.3) is 11.1 Å². The normalized spacial score (nSPS) is 17.6. The van der Waals surface area contributed by atoms with Gasteiger partial charge in [0.25, 0.3) is 0 Å². The summed E-state index contributed by atoms with van der Waals surface area (Å²) in [5.41, 5.74) is 10.00. The molecule has 4 nitrogen and oxygen atoms in total.